The number of nitrogens with one attached hydrogen (secondary N) is 2. The maximum absolute atomic E-state index is 12.7. The van der Waals surface area contributed by atoms with E-state index in [1.54, 1.807) is 40.2 Å². The van der Waals surface area contributed by atoms with E-state index in [0.717, 1.165) is 5.56 Å². The number of ketones is 1. The van der Waals surface area contributed by atoms with Crippen LogP contribution in [0.25, 0.3) is 0 Å². The van der Waals surface area contributed by atoms with Crippen LogP contribution in [0.4, 0.5) is 0 Å². The lowest BCUT2D eigenvalue weighted by Gasteiger charge is -2.18. The zero-order valence-corrected chi connectivity index (χ0v) is 15.4. The van der Waals surface area contributed by atoms with Crippen molar-refractivity contribution in [1.82, 2.24) is 10.3 Å². The lowest BCUT2D eigenvalue weighted by atomic mass is 10.0. The van der Waals surface area contributed by atoms with Crippen molar-refractivity contribution in [1.29, 1.82) is 0 Å². The van der Waals surface area contributed by atoms with Gasteiger partial charge in [-0.15, -0.1) is 0 Å². The van der Waals surface area contributed by atoms with Crippen molar-refractivity contribution in [2.24, 2.45) is 0 Å². The van der Waals surface area contributed by atoms with Crippen LogP contribution in [0.1, 0.15) is 57.6 Å². The summed E-state index contributed by atoms with van der Waals surface area (Å²) in [6, 6.07) is 5.13. The van der Waals surface area contributed by atoms with Crippen LogP contribution < -0.4 is 14.8 Å². The average Bonchev–Trinajstić information content (AvgIpc) is 2.88. The summed E-state index contributed by atoms with van der Waals surface area (Å²) in [6.07, 6.45) is 0. The molecule has 0 saturated heterocycles. The molecule has 1 atom stereocenters. The quantitative estimate of drug-likeness (QED) is 0.788. The summed E-state index contributed by atoms with van der Waals surface area (Å²) in [5.41, 5.74) is 3.13. The fourth-order valence-electron chi connectivity index (χ4n) is 3.03. The second-order valence-electron chi connectivity index (χ2n) is 5.98. The van der Waals surface area contributed by atoms with E-state index in [-0.39, 0.29) is 17.7 Å². The minimum absolute atomic E-state index is 0.0622. The SMILES string of the molecule is COc1ccc(OC)c(C(C)NC(=O)c2[nH]c(C)c(C(C)=O)c2C)c1. The van der Waals surface area contributed by atoms with E-state index in [9.17, 15) is 9.59 Å². The molecule has 0 spiro atoms. The number of hydrogen-bond acceptors (Lipinski definition) is 4. The van der Waals surface area contributed by atoms with Crippen LogP contribution in [0.2, 0.25) is 0 Å². The van der Waals surface area contributed by atoms with Crippen molar-refractivity contribution in [3.05, 3.63) is 46.3 Å². The van der Waals surface area contributed by atoms with Crippen molar-refractivity contribution in [3.8, 4) is 11.5 Å². The maximum Gasteiger partial charge on any atom is 0.268 e. The van der Waals surface area contributed by atoms with Gasteiger partial charge in [-0.05, 0) is 51.5 Å². The molecule has 0 aliphatic rings. The first kappa shape index (κ1) is 18.6. The maximum atomic E-state index is 12.7. The number of hydrogen-bond donors (Lipinski definition) is 2. The van der Waals surface area contributed by atoms with E-state index in [4.69, 9.17) is 9.47 Å². The van der Waals surface area contributed by atoms with Crippen LogP contribution in [0.3, 0.4) is 0 Å². The second-order valence-corrected chi connectivity index (χ2v) is 5.98. The highest BCUT2D eigenvalue weighted by atomic mass is 16.5. The van der Waals surface area contributed by atoms with Crippen molar-refractivity contribution in [2.45, 2.75) is 33.7 Å². The average molecular weight is 344 g/mol. The normalized spacial score (nSPS) is 11.8. The smallest absolute Gasteiger partial charge is 0.268 e. The predicted molar refractivity (Wildman–Crippen MR) is 95.7 cm³/mol. The van der Waals surface area contributed by atoms with Crippen molar-refractivity contribution in [2.75, 3.05) is 14.2 Å². The lowest BCUT2D eigenvalue weighted by Crippen LogP contribution is -2.28. The van der Waals surface area contributed by atoms with Gasteiger partial charge in [0.25, 0.3) is 5.91 Å². The Hall–Kier alpha value is -2.76. The number of aryl methyl sites for hydroxylation is 1. The summed E-state index contributed by atoms with van der Waals surface area (Å²) in [5.74, 6) is 1.01. The van der Waals surface area contributed by atoms with Gasteiger partial charge in [0.15, 0.2) is 5.78 Å². The summed E-state index contributed by atoms with van der Waals surface area (Å²) >= 11 is 0. The van der Waals surface area contributed by atoms with Gasteiger partial charge < -0.3 is 19.8 Å². The van der Waals surface area contributed by atoms with E-state index >= 15 is 0 Å². The largest absolute Gasteiger partial charge is 0.497 e. The Labute approximate surface area is 147 Å². The topological polar surface area (TPSA) is 80.4 Å². The minimum atomic E-state index is -0.304. The van der Waals surface area contributed by atoms with Crippen LogP contribution in [0.15, 0.2) is 18.2 Å². The van der Waals surface area contributed by atoms with Crippen LogP contribution in [0.5, 0.6) is 11.5 Å². The number of methoxy groups -OCH3 is 2. The van der Waals surface area contributed by atoms with Crippen LogP contribution in [-0.2, 0) is 0 Å². The van der Waals surface area contributed by atoms with Gasteiger partial charge in [0.2, 0.25) is 0 Å². The molecule has 1 aromatic carbocycles. The van der Waals surface area contributed by atoms with Gasteiger partial charge in [-0.1, -0.05) is 0 Å². The van der Waals surface area contributed by atoms with Gasteiger partial charge in [0, 0.05) is 16.8 Å². The third kappa shape index (κ3) is 3.68. The molecule has 25 heavy (non-hydrogen) atoms. The van der Waals surface area contributed by atoms with Gasteiger partial charge >= 0.3 is 0 Å². The van der Waals surface area contributed by atoms with Gasteiger partial charge in [-0.2, -0.15) is 0 Å². The molecule has 1 aromatic heterocycles. The first-order valence-corrected chi connectivity index (χ1v) is 8.03. The van der Waals surface area contributed by atoms with E-state index in [2.05, 4.69) is 10.3 Å². The highest BCUT2D eigenvalue weighted by molar-refractivity contribution is 6.02. The first-order chi connectivity index (χ1) is 11.8. The number of carbonyl (C=O) groups excluding carboxylic acids is 2. The molecule has 6 heteroatoms. The lowest BCUT2D eigenvalue weighted by molar-refractivity contribution is 0.0934. The second kappa shape index (κ2) is 7.42. The molecule has 6 nitrogen and oxygen atoms in total. The van der Waals surface area contributed by atoms with E-state index in [1.807, 2.05) is 13.0 Å². The molecular formula is C19H24N2O4. The Morgan fingerprint density at radius 1 is 1.16 bits per heavy atom. The number of carbonyl (C=O) groups is 2. The molecule has 2 N–H and O–H groups in total. The van der Waals surface area contributed by atoms with Crippen LogP contribution in [-0.4, -0.2) is 30.9 Å². The van der Waals surface area contributed by atoms with Gasteiger partial charge in [0.05, 0.1) is 20.3 Å². The number of Topliss-reactive ketones (excluding diaryl/α,β-unsaturated/α-hetero) is 1. The Morgan fingerprint density at radius 3 is 2.36 bits per heavy atom. The Kier molecular flexibility index (Phi) is 5.51. The third-order valence-electron chi connectivity index (χ3n) is 4.27. The fourth-order valence-corrected chi connectivity index (χ4v) is 3.03. The first-order valence-electron chi connectivity index (χ1n) is 8.03. The minimum Gasteiger partial charge on any atom is -0.497 e. The number of ether oxygens (including phenoxy) is 2. The third-order valence-corrected chi connectivity index (χ3v) is 4.27. The summed E-state index contributed by atoms with van der Waals surface area (Å²) in [5, 5.41) is 2.94. The number of amides is 1. The van der Waals surface area contributed by atoms with Crippen LogP contribution in [0, 0.1) is 13.8 Å². The van der Waals surface area contributed by atoms with Gasteiger partial charge in [-0.25, -0.2) is 0 Å². The zero-order valence-electron chi connectivity index (χ0n) is 15.4. The number of H-pyrrole nitrogens is 1. The highest BCUT2D eigenvalue weighted by Gasteiger charge is 2.22. The summed E-state index contributed by atoms with van der Waals surface area (Å²) < 4.78 is 10.6. The van der Waals surface area contributed by atoms with E-state index in [0.29, 0.717) is 34.0 Å². The number of aromatic nitrogens is 1. The van der Waals surface area contributed by atoms with Gasteiger partial charge in [0.1, 0.15) is 17.2 Å². The molecule has 134 valence electrons. The standard InChI is InChI=1S/C19H24N2O4/c1-10-17(13(4)22)12(3)20-18(10)19(23)21-11(2)15-9-14(24-5)7-8-16(15)25-6/h7-9,11,20H,1-6H3,(H,21,23). The molecule has 0 bridgehead atoms. The molecule has 1 heterocycles. The Morgan fingerprint density at radius 2 is 1.84 bits per heavy atom. The number of benzene rings is 1. The summed E-state index contributed by atoms with van der Waals surface area (Å²) in [6.45, 7) is 6.92. The zero-order chi connectivity index (χ0) is 18.7. The number of rotatable bonds is 6. The van der Waals surface area contributed by atoms with Crippen molar-refractivity contribution >= 4 is 11.7 Å². The molecular weight excluding hydrogens is 320 g/mol. The molecule has 0 radical (unpaired) electrons. The molecule has 0 aliphatic heterocycles. The molecule has 0 saturated carbocycles. The Balaban J connectivity index is 2.30. The van der Waals surface area contributed by atoms with Gasteiger partial charge in [-0.3, -0.25) is 9.59 Å². The summed E-state index contributed by atoms with van der Waals surface area (Å²) in [7, 11) is 3.17. The molecule has 0 fully saturated rings. The predicted octanol–water partition coefficient (Wildman–Crippen LogP) is 3.34. The number of aromatic amines is 1. The molecule has 1 amide bonds. The molecule has 2 rings (SSSR count). The highest BCUT2D eigenvalue weighted by Crippen LogP contribution is 2.29. The molecule has 2 aromatic rings. The van der Waals surface area contributed by atoms with Crippen molar-refractivity contribution < 1.29 is 19.1 Å². The van der Waals surface area contributed by atoms with Crippen LogP contribution >= 0.6 is 0 Å². The molecule has 0 aliphatic carbocycles. The monoisotopic (exact) mass is 344 g/mol. The Bertz CT molecular complexity index is 808. The van der Waals surface area contributed by atoms with Crippen molar-refractivity contribution in [3.63, 3.8) is 0 Å². The summed E-state index contributed by atoms with van der Waals surface area (Å²) in [4.78, 5) is 27.4. The van der Waals surface area contributed by atoms with E-state index < -0.39 is 0 Å². The fraction of sp³-hybridized carbons (Fsp3) is 0.368. The van der Waals surface area contributed by atoms with E-state index in [1.165, 1.54) is 6.92 Å². The molecule has 1 unspecified atom stereocenters.